The monoisotopic (exact) mass is 188 g/mol. The zero-order valence-corrected chi connectivity index (χ0v) is 7.27. The maximum atomic E-state index is 10.8. The molecule has 0 aliphatic heterocycles. The summed E-state index contributed by atoms with van der Waals surface area (Å²) in [6.07, 6.45) is 6.40. The summed E-state index contributed by atoms with van der Waals surface area (Å²) in [6.45, 7) is 0. The van der Waals surface area contributed by atoms with Crippen LogP contribution in [-0.4, -0.2) is 21.0 Å². The van der Waals surface area contributed by atoms with E-state index < -0.39 is 5.97 Å². The molecule has 0 spiro atoms. The molecule has 2 aromatic rings. The minimum absolute atomic E-state index is 0.274. The van der Waals surface area contributed by atoms with Crippen LogP contribution < -0.4 is 0 Å². The van der Waals surface area contributed by atoms with Crippen LogP contribution in [0.2, 0.25) is 0 Å². The van der Waals surface area contributed by atoms with E-state index in [9.17, 15) is 4.79 Å². The van der Waals surface area contributed by atoms with Gasteiger partial charge in [-0.25, -0.2) is 4.79 Å². The van der Waals surface area contributed by atoms with Crippen LogP contribution in [0, 0.1) is 0 Å². The molecule has 0 aromatic carbocycles. The van der Waals surface area contributed by atoms with Gasteiger partial charge < -0.3 is 10.1 Å². The van der Waals surface area contributed by atoms with Crippen molar-refractivity contribution < 1.29 is 9.90 Å². The Hall–Kier alpha value is -2.10. The molecular formula is C10H8N2O2. The number of pyridine rings is 1. The summed E-state index contributed by atoms with van der Waals surface area (Å²) >= 11 is 0. The third-order valence-electron chi connectivity index (χ3n) is 1.97. The highest BCUT2D eigenvalue weighted by molar-refractivity contribution is 5.95. The van der Waals surface area contributed by atoms with E-state index >= 15 is 0 Å². The second-order valence-electron chi connectivity index (χ2n) is 2.82. The average Bonchev–Trinajstić information content (AvgIpc) is 2.67. The molecule has 2 heterocycles. The van der Waals surface area contributed by atoms with Crippen LogP contribution in [0.4, 0.5) is 0 Å². The largest absolute Gasteiger partial charge is 0.478 e. The molecule has 0 radical (unpaired) electrons. The van der Waals surface area contributed by atoms with Crippen molar-refractivity contribution in [1.29, 1.82) is 0 Å². The molecule has 0 saturated heterocycles. The number of aromatic carboxylic acids is 1. The number of carboxylic acid groups (broad SMARTS) is 1. The molecule has 0 aliphatic carbocycles. The first-order chi connectivity index (χ1) is 6.79. The van der Waals surface area contributed by atoms with E-state index in [-0.39, 0.29) is 5.56 Å². The van der Waals surface area contributed by atoms with Crippen LogP contribution in [0.3, 0.4) is 0 Å². The first kappa shape index (κ1) is 8.50. The van der Waals surface area contributed by atoms with Crippen molar-refractivity contribution in [2.24, 2.45) is 0 Å². The van der Waals surface area contributed by atoms with Gasteiger partial charge in [0, 0.05) is 30.4 Å². The molecule has 4 heteroatoms. The number of hydrogen-bond donors (Lipinski definition) is 2. The quantitative estimate of drug-likeness (QED) is 0.754. The third kappa shape index (κ3) is 1.37. The van der Waals surface area contributed by atoms with Crippen molar-refractivity contribution in [2.45, 2.75) is 0 Å². The van der Waals surface area contributed by atoms with Gasteiger partial charge >= 0.3 is 5.97 Å². The Labute approximate surface area is 80.2 Å². The van der Waals surface area contributed by atoms with E-state index in [4.69, 9.17) is 5.11 Å². The van der Waals surface area contributed by atoms with E-state index in [1.54, 1.807) is 30.7 Å². The van der Waals surface area contributed by atoms with Gasteiger partial charge in [-0.15, -0.1) is 0 Å². The van der Waals surface area contributed by atoms with Gasteiger partial charge in [0.2, 0.25) is 0 Å². The van der Waals surface area contributed by atoms with Crippen LogP contribution in [0.15, 0.2) is 36.9 Å². The van der Waals surface area contributed by atoms with Gasteiger partial charge in [0.15, 0.2) is 0 Å². The first-order valence-electron chi connectivity index (χ1n) is 4.09. The standard InChI is InChI=1S/C10H8N2O2/c13-10(14)9-6-12-5-8(9)7-1-3-11-4-2-7/h1-6,12H,(H,13,14). The molecule has 2 rings (SSSR count). The highest BCUT2D eigenvalue weighted by Crippen LogP contribution is 2.22. The van der Waals surface area contributed by atoms with Gasteiger partial charge in [-0.1, -0.05) is 0 Å². The Kier molecular flexibility index (Phi) is 2.02. The van der Waals surface area contributed by atoms with Crippen molar-refractivity contribution in [1.82, 2.24) is 9.97 Å². The predicted octanol–water partition coefficient (Wildman–Crippen LogP) is 1.77. The fourth-order valence-corrected chi connectivity index (χ4v) is 1.31. The molecule has 0 unspecified atom stereocenters. The summed E-state index contributed by atoms with van der Waals surface area (Å²) in [4.78, 5) is 17.5. The van der Waals surface area contributed by atoms with E-state index in [2.05, 4.69) is 9.97 Å². The summed E-state index contributed by atoms with van der Waals surface area (Å²) < 4.78 is 0. The van der Waals surface area contributed by atoms with Crippen LogP contribution >= 0.6 is 0 Å². The smallest absolute Gasteiger partial charge is 0.337 e. The second-order valence-corrected chi connectivity index (χ2v) is 2.82. The van der Waals surface area contributed by atoms with Gasteiger partial charge in [0.05, 0.1) is 5.56 Å². The normalized spacial score (nSPS) is 10.0. The molecule has 0 amide bonds. The van der Waals surface area contributed by atoms with E-state index in [0.29, 0.717) is 5.56 Å². The molecule has 70 valence electrons. The maximum Gasteiger partial charge on any atom is 0.337 e. The number of hydrogen-bond acceptors (Lipinski definition) is 2. The highest BCUT2D eigenvalue weighted by atomic mass is 16.4. The lowest BCUT2D eigenvalue weighted by Crippen LogP contribution is -1.95. The highest BCUT2D eigenvalue weighted by Gasteiger charge is 2.11. The Morgan fingerprint density at radius 2 is 2.00 bits per heavy atom. The molecule has 0 saturated carbocycles. The molecular weight excluding hydrogens is 180 g/mol. The van der Waals surface area contributed by atoms with Gasteiger partial charge in [-0.3, -0.25) is 4.98 Å². The van der Waals surface area contributed by atoms with Gasteiger partial charge in [0.1, 0.15) is 0 Å². The first-order valence-corrected chi connectivity index (χ1v) is 4.09. The molecule has 2 aromatic heterocycles. The lowest BCUT2D eigenvalue weighted by atomic mass is 10.1. The minimum atomic E-state index is -0.932. The van der Waals surface area contributed by atoms with Gasteiger partial charge in [0.25, 0.3) is 0 Å². The van der Waals surface area contributed by atoms with Crippen molar-refractivity contribution in [3.8, 4) is 11.1 Å². The van der Waals surface area contributed by atoms with Crippen molar-refractivity contribution in [3.63, 3.8) is 0 Å². The molecule has 2 N–H and O–H groups in total. The number of carboxylic acids is 1. The van der Waals surface area contributed by atoms with E-state index in [1.165, 1.54) is 6.20 Å². The lowest BCUT2D eigenvalue weighted by Gasteiger charge is -1.98. The summed E-state index contributed by atoms with van der Waals surface area (Å²) in [7, 11) is 0. The summed E-state index contributed by atoms with van der Waals surface area (Å²) in [5, 5.41) is 8.88. The van der Waals surface area contributed by atoms with Crippen LogP contribution in [0.1, 0.15) is 10.4 Å². The molecule has 14 heavy (non-hydrogen) atoms. The Balaban J connectivity index is 2.52. The summed E-state index contributed by atoms with van der Waals surface area (Å²) in [5.41, 5.74) is 1.80. The summed E-state index contributed by atoms with van der Waals surface area (Å²) in [5.74, 6) is -0.932. The number of aromatic nitrogens is 2. The molecule has 0 atom stereocenters. The Morgan fingerprint density at radius 3 is 2.64 bits per heavy atom. The topological polar surface area (TPSA) is 66.0 Å². The van der Waals surface area contributed by atoms with Crippen molar-refractivity contribution in [3.05, 3.63) is 42.5 Å². The Morgan fingerprint density at radius 1 is 1.29 bits per heavy atom. The maximum absolute atomic E-state index is 10.8. The van der Waals surface area contributed by atoms with Crippen molar-refractivity contribution >= 4 is 5.97 Å². The zero-order valence-electron chi connectivity index (χ0n) is 7.27. The fourth-order valence-electron chi connectivity index (χ4n) is 1.31. The molecule has 0 bridgehead atoms. The molecule has 0 fully saturated rings. The SMILES string of the molecule is O=C(O)c1c[nH]cc1-c1ccncc1. The predicted molar refractivity (Wildman–Crippen MR) is 51.0 cm³/mol. The number of nitrogens with zero attached hydrogens (tertiary/aromatic N) is 1. The second kappa shape index (κ2) is 3.33. The van der Waals surface area contributed by atoms with Crippen molar-refractivity contribution in [2.75, 3.05) is 0 Å². The minimum Gasteiger partial charge on any atom is -0.478 e. The van der Waals surface area contributed by atoms with Gasteiger partial charge in [-0.05, 0) is 17.7 Å². The Bertz CT molecular complexity index is 448. The number of carbonyl (C=O) groups is 1. The zero-order chi connectivity index (χ0) is 9.97. The average molecular weight is 188 g/mol. The number of H-pyrrole nitrogens is 1. The number of aromatic amines is 1. The number of rotatable bonds is 2. The van der Waals surface area contributed by atoms with E-state index in [0.717, 1.165) is 5.56 Å². The number of nitrogens with one attached hydrogen (secondary N) is 1. The van der Waals surface area contributed by atoms with Gasteiger partial charge in [-0.2, -0.15) is 0 Å². The third-order valence-corrected chi connectivity index (χ3v) is 1.97. The molecule has 0 aliphatic rings. The molecule has 4 nitrogen and oxygen atoms in total. The van der Waals surface area contributed by atoms with Crippen LogP contribution in [0.5, 0.6) is 0 Å². The van der Waals surface area contributed by atoms with Crippen LogP contribution in [-0.2, 0) is 0 Å². The fraction of sp³-hybridized carbons (Fsp3) is 0. The van der Waals surface area contributed by atoms with E-state index in [1.807, 2.05) is 0 Å². The summed E-state index contributed by atoms with van der Waals surface area (Å²) in [6, 6.07) is 3.55. The lowest BCUT2D eigenvalue weighted by molar-refractivity contribution is 0.0698. The van der Waals surface area contributed by atoms with Crippen LogP contribution in [0.25, 0.3) is 11.1 Å².